The van der Waals surface area contributed by atoms with E-state index in [1.807, 2.05) is 45.8 Å². The molecule has 0 N–H and O–H groups in total. The number of imidazole rings is 1. The van der Waals surface area contributed by atoms with Gasteiger partial charge in [-0.1, -0.05) is 45.0 Å². The number of aromatic nitrogens is 2. The Morgan fingerprint density at radius 1 is 0.902 bits per heavy atom. The van der Waals surface area contributed by atoms with E-state index in [-0.39, 0.29) is 11.3 Å². The molecule has 0 unspecified atom stereocenters. The van der Waals surface area contributed by atoms with Gasteiger partial charge >= 0.3 is 6.18 Å². The molecule has 41 heavy (non-hydrogen) atoms. The molecule has 6 nitrogen and oxygen atoms in total. The molecule has 0 aliphatic carbocycles. The zero-order valence-corrected chi connectivity index (χ0v) is 23.8. The van der Waals surface area contributed by atoms with Gasteiger partial charge in [-0.3, -0.25) is 9.69 Å². The largest absolute Gasteiger partial charge is 0.497 e. The molecule has 1 amide bonds. The highest BCUT2D eigenvalue weighted by molar-refractivity contribution is 5.77. The lowest BCUT2D eigenvalue weighted by Crippen LogP contribution is -2.49. The van der Waals surface area contributed by atoms with Crippen LogP contribution in [0.4, 0.5) is 13.2 Å². The van der Waals surface area contributed by atoms with Crippen molar-refractivity contribution in [2.45, 2.75) is 39.9 Å². The van der Waals surface area contributed by atoms with Crippen molar-refractivity contribution in [3.8, 4) is 28.1 Å². The summed E-state index contributed by atoms with van der Waals surface area (Å²) in [5.74, 6) is 0.885. The van der Waals surface area contributed by atoms with Gasteiger partial charge in [-0.05, 0) is 52.9 Å². The van der Waals surface area contributed by atoms with Crippen LogP contribution in [0.1, 0.15) is 38.4 Å². The van der Waals surface area contributed by atoms with Crippen LogP contribution in [-0.2, 0) is 17.5 Å². The van der Waals surface area contributed by atoms with Crippen LogP contribution in [0.2, 0.25) is 0 Å². The summed E-state index contributed by atoms with van der Waals surface area (Å²) in [5, 5.41) is 0. The molecule has 0 bridgehead atoms. The van der Waals surface area contributed by atoms with E-state index in [1.54, 1.807) is 19.2 Å². The summed E-state index contributed by atoms with van der Waals surface area (Å²) < 4.78 is 47.7. The maximum atomic E-state index is 13.4. The molecule has 1 fully saturated rings. The summed E-state index contributed by atoms with van der Waals surface area (Å²) in [6.07, 6.45) is -2.05. The van der Waals surface area contributed by atoms with Gasteiger partial charge in [-0.25, -0.2) is 4.98 Å². The van der Waals surface area contributed by atoms with Crippen molar-refractivity contribution >= 4 is 11.6 Å². The van der Waals surface area contributed by atoms with E-state index in [2.05, 4.69) is 25.7 Å². The quantitative estimate of drug-likeness (QED) is 0.259. The molecule has 0 spiro atoms. The normalized spacial score (nSPS) is 15.0. The maximum Gasteiger partial charge on any atom is 0.416 e. The lowest BCUT2D eigenvalue weighted by Gasteiger charge is -2.36. The van der Waals surface area contributed by atoms with Crippen molar-refractivity contribution in [2.24, 2.45) is 5.41 Å². The van der Waals surface area contributed by atoms with Gasteiger partial charge in [0.05, 0.1) is 24.1 Å². The van der Waals surface area contributed by atoms with Crippen LogP contribution in [0.5, 0.6) is 5.75 Å². The Morgan fingerprint density at radius 3 is 2.29 bits per heavy atom. The van der Waals surface area contributed by atoms with Gasteiger partial charge in [0.25, 0.3) is 0 Å². The van der Waals surface area contributed by atoms with Crippen LogP contribution in [0.15, 0.2) is 66.9 Å². The van der Waals surface area contributed by atoms with Crippen LogP contribution in [0.3, 0.4) is 0 Å². The molecule has 2 aromatic heterocycles. The van der Waals surface area contributed by atoms with Crippen molar-refractivity contribution in [3.05, 3.63) is 78.1 Å². The molecule has 1 saturated heterocycles. The van der Waals surface area contributed by atoms with Crippen molar-refractivity contribution in [3.63, 3.8) is 0 Å². The maximum absolute atomic E-state index is 13.4. The summed E-state index contributed by atoms with van der Waals surface area (Å²) in [4.78, 5) is 21.9. The van der Waals surface area contributed by atoms with E-state index < -0.39 is 11.7 Å². The number of methoxy groups -OCH3 is 1. The number of benzene rings is 2. The first-order valence-corrected chi connectivity index (χ1v) is 13.7. The number of amides is 1. The number of carbonyl (C=O) groups is 1. The summed E-state index contributed by atoms with van der Waals surface area (Å²) in [5.41, 5.74) is 3.71. The molecular weight excluding hydrogens is 529 g/mol. The fourth-order valence-electron chi connectivity index (χ4n) is 5.22. The first-order chi connectivity index (χ1) is 19.4. The average molecular weight is 565 g/mol. The van der Waals surface area contributed by atoms with Crippen molar-refractivity contribution in [2.75, 3.05) is 33.3 Å². The lowest BCUT2D eigenvalue weighted by molar-refractivity contribution is -0.137. The Hall–Kier alpha value is -3.85. The highest BCUT2D eigenvalue weighted by Gasteiger charge is 2.31. The number of fused-ring (bicyclic) bond motifs is 1. The van der Waals surface area contributed by atoms with Crippen molar-refractivity contribution < 1.29 is 22.7 Å². The Balaban J connectivity index is 1.50. The summed E-state index contributed by atoms with van der Waals surface area (Å²) in [6.45, 7) is 9.51. The molecule has 216 valence electrons. The molecule has 3 heterocycles. The second-order valence-electron chi connectivity index (χ2n) is 11.8. The second kappa shape index (κ2) is 11.2. The van der Waals surface area contributed by atoms with Crippen LogP contribution >= 0.6 is 0 Å². The van der Waals surface area contributed by atoms with E-state index >= 15 is 0 Å². The predicted molar refractivity (Wildman–Crippen MR) is 154 cm³/mol. The van der Waals surface area contributed by atoms with Crippen LogP contribution in [-0.4, -0.2) is 58.4 Å². The highest BCUT2D eigenvalue weighted by Crippen LogP contribution is 2.34. The minimum Gasteiger partial charge on any atom is -0.497 e. The zero-order chi connectivity index (χ0) is 29.4. The van der Waals surface area contributed by atoms with E-state index in [9.17, 15) is 18.0 Å². The third kappa shape index (κ3) is 6.56. The smallest absolute Gasteiger partial charge is 0.416 e. The Bertz CT molecular complexity index is 1550. The Kier molecular flexibility index (Phi) is 7.83. The average Bonchev–Trinajstić information content (AvgIpc) is 3.29. The van der Waals surface area contributed by atoms with E-state index in [0.717, 1.165) is 23.0 Å². The van der Waals surface area contributed by atoms with Gasteiger partial charge in [0, 0.05) is 50.9 Å². The van der Waals surface area contributed by atoms with Gasteiger partial charge in [0.2, 0.25) is 5.91 Å². The first kappa shape index (κ1) is 28.7. The first-order valence-electron chi connectivity index (χ1n) is 13.7. The van der Waals surface area contributed by atoms with Gasteiger partial charge in [0.15, 0.2) is 0 Å². The SMILES string of the molecule is COc1cccc(-c2nc3ccc(-c4cccc(C(F)(F)F)c4)cn3c2CN2CCN(C(=O)CC(C)(C)C)CC2)c1. The van der Waals surface area contributed by atoms with Gasteiger partial charge in [0.1, 0.15) is 11.4 Å². The number of halogens is 3. The van der Waals surface area contributed by atoms with Crippen molar-refractivity contribution in [1.29, 1.82) is 0 Å². The summed E-state index contributed by atoms with van der Waals surface area (Å²) >= 11 is 0. The summed E-state index contributed by atoms with van der Waals surface area (Å²) in [6, 6.07) is 16.7. The lowest BCUT2D eigenvalue weighted by atomic mass is 9.91. The van der Waals surface area contributed by atoms with Gasteiger partial charge < -0.3 is 14.0 Å². The monoisotopic (exact) mass is 564 g/mol. The molecule has 5 rings (SSSR count). The fraction of sp³-hybridized carbons (Fsp3) is 0.375. The van der Waals surface area contributed by atoms with Crippen molar-refractivity contribution in [1.82, 2.24) is 19.2 Å². The third-order valence-corrected chi connectivity index (χ3v) is 7.36. The van der Waals surface area contributed by atoms with E-state index in [0.29, 0.717) is 61.7 Å². The van der Waals surface area contributed by atoms with Gasteiger partial charge in [-0.2, -0.15) is 13.2 Å². The predicted octanol–water partition coefficient (Wildman–Crippen LogP) is 6.78. The van der Waals surface area contributed by atoms with Crippen LogP contribution < -0.4 is 4.74 Å². The van der Waals surface area contributed by atoms with E-state index in [1.165, 1.54) is 12.1 Å². The van der Waals surface area contributed by atoms with Crippen LogP contribution in [0.25, 0.3) is 28.0 Å². The molecule has 2 aromatic carbocycles. The standard InChI is InChI=1S/C32H35F3N4O2/c1-31(2,3)19-29(40)38-15-13-37(14-16-38)21-27-30(23-8-6-10-26(18-23)41-4)36-28-12-11-24(20-39(27)28)22-7-5-9-25(17-22)32(33,34)35/h5-12,17-18,20H,13-16,19,21H2,1-4H3. The number of rotatable bonds is 6. The molecular formula is C32H35F3N4O2. The molecule has 0 radical (unpaired) electrons. The number of ether oxygens (including phenoxy) is 1. The number of nitrogens with zero attached hydrogens (tertiary/aromatic N) is 4. The number of piperazine rings is 1. The molecule has 0 atom stereocenters. The zero-order valence-electron chi connectivity index (χ0n) is 23.8. The number of carbonyl (C=O) groups excluding carboxylic acids is 1. The Labute approximate surface area is 238 Å². The fourth-order valence-corrected chi connectivity index (χ4v) is 5.22. The highest BCUT2D eigenvalue weighted by atomic mass is 19.4. The minimum absolute atomic E-state index is 0.0618. The Morgan fingerprint density at radius 2 is 1.61 bits per heavy atom. The molecule has 0 saturated carbocycles. The van der Waals surface area contributed by atoms with Gasteiger partial charge in [-0.15, -0.1) is 0 Å². The molecule has 1 aliphatic rings. The minimum atomic E-state index is -4.42. The number of hydrogen-bond donors (Lipinski definition) is 0. The third-order valence-electron chi connectivity index (χ3n) is 7.36. The second-order valence-corrected chi connectivity index (χ2v) is 11.8. The van der Waals surface area contributed by atoms with Crippen LogP contribution in [0, 0.1) is 5.41 Å². The number of hydrogen-bond acceptors (Lipinski definition) is 4. The molecule has 1 aliphatic heterocycles. The number of alkyl halides is 3. The topological polar surface area (TPSA) is 50.1 Å². The van der Waals surface area contributed by atoms with E-state index in [4.69, 9.17) is 9.72 Å². The number of pyridine rings is 1. The summed E-state index contributed by atoms with van der Waals surface area (Å²) in [7, 11) is 1.62. The molecule has 4 aromatic rings. The molecule has 9 heteroatoms.